The van der Waals surface area contributed by atoms with Gasteiger partial charge in [-0.05, 0) is 37.6 Å². The summed E-state index contributed by atoms with van der Waals surface area (Å²) in [5.41, 5.74) is 3.22. The zero-order valence-electron chi connectivity index (χ0n) is 11.2. The van der Waals surface area contributed by atoms with Gasteiger partial charge in [-0.3, -0.25) is 0 Å². The van der Waals surface area contributed by atoms with Gasteiger partial charge in [-0.15, -0.1) is 0 Å². The number of rotatable bonds is 3. The summed E-state index contributed by atoms with van der Waals surface area (Å²) in [6.07, 6.45) is 0. The van der Waals surface area contributed by atoms with Crippen LogP contribution in [-0.4, -0.2) is 5.97 Å². The first-order chi connectivity index (χ1) is 9.47. The molecule has 0 aliphatic carbocycles. The van der Waals surface area contributed by atoms with Crippen molar-refractivity contribution in [3.05, 3.63) is 68.7 Å². The van der Waals surface area contributed by atoms with Gasteiger partial charge < -0.3 is 4.74 Å². The van der Waals surface area contributed by atoms with E-state index in [4.69, 9.17) is 27.9 Å². The standard InChI is InChI=1S/C16H14Cl2O2/c1-10-3-4-11(2)14(7-10)16(19)20-9-12-5-6-13(17)8-15(12)18/h3-8H,9H2,1-2H3. The molecule has 2 nitrogen and oxygen atoms in total. The van der Waals surface area contributed by atoms with Gasteiger partial charge in [0.25, 0.3) is 0 Å². The Hall–Kier alpha value is -1.51. The van der Waals surface area contributed by atoms with Gasteiger partial charge in [0.05, 0.1) is 5.56 Å². The van der Waals surface area contributed by atoms with Crippen molar-refractivity contribution < 1.29 is 9.53 Å². The second kappa shape index (κ2) is 6.29. The van der Waals surface area contributed by atoms with Crippen molar-refractivity contribution in [3.63, 3.8) is 0 Å². The van der Waals surface area contributed by atoms with Crippen molar-refractivity contribution in [1.29, 1.82) is 0 Å². The molecule has 0 heterocycles. The second-order valence-corrected chi connectivity index (χ2v) is 5.47. The molecule has 0 aliphatic rings. The topological polar surface area (TPSA) is 26.3 Å². The number of carbonyl (C=O) groups excluding carboxylic acids is 1. The Bertz CT molecular complexity index is 651. The molecule has 0 aromatic heterocycles. The minimum atomic E-state index is -0.350. The van der Waals surface area contributed by atoms with Crippen LogP contribution in [0, 0.1) is 13.8 Å². The molecule has 0 N–H and O–H groups in total. The summed E-state index contributed by atoms with van der Waals surface area (Å²) in [4.78, 5) is 12.1. The summed E-state index contributed by atoms with van der Waals surface area (Å²) in [6.45, 7) is 3.94. The van der Waals surface area contributed by atoms with E-state index in [-0.39, 0.29) is 12.6 Å². The highest BCUT2D eigenvalue weighted by atomic mass is 35.5. The molecule has 0 saturated heterocycles. The van der Waals surface area contributed by atoms with Crippen LogP contribution in [0.25, 0.3) is 0 Å². The molecule has 0 amide bonds. The first-order valence-electron chi connectivity index (χ1n) is 6.15. The van der Waals surface area contributed by atoms with Gasteiger partial charge in [0.1, 0.15) is 6.61 Å². The van der Waals surface area contributed by atoms with Crippen LogP contribution in [0.2, 0.25) is 10.0 Å². The SMILES string of the molecule is Cc1ccc(C)c(C(=O)OCc2ccc(Cl)cc2Cl)c1. The lowest BCUT2D eigenvalue weighted by atomic mass is 10.1. The zero-order chi connectivity index (χ0) is 14.7. The predicted molar refractivity (Wildman–Crippen MR) is 81.5 cm³/mol. The highest BCUT2D eigenvalue weighted by Crippen LogP contribution is 2.22. The first kappa shape index (κ1) is 14.9. The molecule has 0 radical (unpaired) electrons. The summed E-state index contributed by atoms with van der Waals surface area (Å²) in [5.74, 6) is -0.350. The van der Waals surface area contributed by atoms with Crippen molar-refractivity contribution in [2.45, 2.75) is 20.5 Å². The van der Waals surface area contributed by atoms with Crippen LogP contribution in [-0.2, 0) is 11.3 Å². The third-order valence-electron chi connectivity index (χ3n) is 2.99. The maximum absolute atomic E-state index is 12.1. The second-order valence-electron chi connectivity index (χ2n) is 4.63. The quantitative estimate of drug-likeness (QED) is 0.748. The van der Waals surface area contributed by atoms with Gasteiger partial charge in [0, 0.05) is 15.6 Å². The normalized spacial score (nSPS) is 10.4. The van der Waals surface area contributed by atoms with Crippen LogP contribution in [0.3, 0.4) is 0 Å². The number of carbonyl (C=O) groups is 1. The van der Waals surface area contributed by atoms with Crippen molar-refractivity contribution in [2.24, 2.45) is 0 Å². The maximum atomic E-state index is 12.1. The van der Waals surface area contributed by atoms with E-state index < -0.39 is 0 Å². The number of benzene rings is 2. The summed E-state index contributed by atoms with van der Waals surface area (Å²) in [7, 11) is 0. The highest BCUT2D eigenvalue weighted by molar-refractivity contribution is 6.35. The number of hydrogen-bond acceptors (Lipinski definition) is 2. The van der Waals surface area contributed by atoms with Gasteiger partial charge in [-0.25, -0.2) is 4.79 Å². The van der Waals surface area contributed by atoms with Gasteiger partial charge in [-0.1, -0.05) is 47.0 Å². The van der Waals surface area contributed by atoms with Crippen LogP contribution in [0.5, 0.6) is 0 Å². The number of ether oxygens (including phenoxy) is 1. The Kier molecular flexibility index (Phi) is 4.69. The van der Waals surface area contributed by atoms with Crippen molar-refractivity contribution in [1.82, 2.24) is 0 Å². The highest BCUT2D eigenvalue weighted by Gasteiger charge is 2.12. The van der Waals surface area contributed by atoms with Crippen LogP contribution < -0.4 is 0 Å². The fourth-order valence-corrected chi connectivity index (χ4v) is 2.28. The van der Waals surface area contributed by atoms with Crippen molar-refractivity contribution in [3.8, 4) is 0 Å². The Morgan fingerprint density at radius 3 is 2.55 bits per heavy atom. The van der Waals surface area contributed by atoms with E-state index in [2.05, 4.69) is 0 Å². The molecule has 0 spiro atoms. The molecule has 20 heavy (non-hydrogen) atoms. The molecule has 0 bridgehead atoms. The molecule has 2 rings (SSSR count). The number of aryl methyl sites for hydroxylation is 2. The summed E-state index contributed by atoms with van der Waals surface area (Å²) in [6, 6.07) is 10.8. The Morgan fingerprint density at radius 1 is 1.10 bits per heavy atom. The van der Waals surface area contributed by atoms with Gasteiger partial charge in [0.15, 0.2) is 0 Å². The molecule has 2 aromatic carbocycles. The Balaban J connectivity index is 2.10. The average Bonchev–Trinajstić information content (AvgIpc) is 2.40. The molecule has 0 unspecified atom stereocenters. The monoisotopic (exact) mass is 308 g/mol. The minimum Gasteiger partial charge on any atom is -0.457 e. The third-order valence-corrected chi connectivity index (χ3v) is 3.57. The van der Waals surface area contributed by atoms with E-state index in [1.807, 2.05) is 32.0 Å². The van der Waals surface area contributed by atoms with Crippen LogP contribution in [0.1, 0.15) is 27.0 Å². The van der Waals surface area contributed by atoms with E-state index in [0.29, 0.717) is 15.6 Å². The van der Waals surface area contributed by atoms with Gasteiger partial charge in [-0.2, -0.15) is 0 Å². The van der Waals surface area contributed by atoms with Crippen LogP contribution in [0.4, 0.5) is 0 Å². The maximum Gasteiger partial charge on any atom is 0.338 e. The zero-order valence-corrected chi connectivity index (χ0v) is 12.8. The molecule has 2 aromatic rings. The molecular weight excluding hydrogens is 295 g/mol. The lowest BCUT2D eigenvalue weighted by Gasteiger charge is -2.09. The molecule has 0 aliphatic heterocycles. The Labute approximate surface area is 128 Å². The van der Waals surface area contributed by atoms with E-state index in [9.17, 15) is 4.79 Å². The van der Waals surface area contributed by atoms with Crippen LogP contribution in [0.15, 0.2) is 36.4 Å². The average molecular weight is 309 g/mol. The molecule has 4 heteroatoms. The fourth-order valence-electron chi connectivity index (χ4n) is 1.82. The fraction of sp³-hybridized carbons (Fsp3) is 0.188. The Morgan fingerprint density at radius 2 is 1.85 bits per heavy atom. The lowest BCUT2D eigenvalue weighted by molar-refractivity contribution is 0.0472. The summed E-state index contributed by atoms with van der Waals surface area (Å²) >= 11 is 11.9. The summed E-state index contributed by atoms with van der Waals surface area (Å²) < 4.78 is 5.30. The van der Waals surface area contributed by atoms with E-state index in [1.165, 1.54) is 0 Å². The van der Waals surface area contributed by atoms with E-state index in [0.717, 1.165) is 16.7 Å². The predicted octanol–water partition coefficient (Wildman–Crippen LogP) is 4.97. The first-order valence-corrected chi connectivity index (χ1v) is 6.91. The van der Waals surface area contributed by atoms with E-state index >= 15 is 0 Å². The van der Waals surface area contributed by atoms with Crippen molar-refractivity contribution >= 4 is 29.2 Å². The lowest BCUT2D eigenvalue weighted by Crippen LogP contribution is -2.07. The molecule has 0 saturated carbocycles. The number of esters is 1. The number of hydrogen-bond donors (Lipinski definition) is 0. The molecule has 0 fully saturated rings. The van der Waals surface area contributed by atoms with Gasteiger partial charge in [0.2, 0.25) is 0 Å². The smallest absolute Gasteiger partial charge is 0.338 e. The molecule has 104 valence electrons. The summed E-state index contributed by atoms with van der Waals surface area (Å²) in [5, 5.41) is 1.05. The number of halogens is 2. The minimum absolute atomic E-state index is 0.127. The molecular formula is C16H14Cl2O2. The van der Waals surface area contributed by atoms with Crippen LogP contribution >= 0.6 is 23.2 Å². The van der Waals surface area contributed by atoms with Gasteiger partial charge >= 0.3 is 5.97 Å². The molecule has 0 atom stereocenters. The van der Waals surface area contributed by atoms with Crippen molar-refractivity contribution in [2.75, 3.05) is 0 Å². The third kappa shape index (κ3) is 3.53. The van der Waals surface area contributed by atoms with E-state index in [1.54, 1.807) is 18.2 Å². The largest absolute Gasteiger partial charge is 0.457 e.